The van der Waals surface area contributed by atoms with Crippen LogP contribution in [0.1, 0.15) is 18.6 Å². The van der Waals surface area contributed by atoms with Gasteiger partial charge in [0, 0.05) is 28.2 Å². The standard InChI is InChI=1S/C24H18Cl2F6N4O5/c1-10(13-5-4-12(25)8-14(13)26)40-15-6-3-11(7-16(15)41-24(30,31)32)19-33-20-18(35(19)2)21(38)34-22(39)36(20)9-17(37)23(27,28)29/h3-8,10,17,37H,9H2,1-2H3,(H,34,38,39). The third-order valence-corrected chi connectivity index (χ3v) is 6.44. The Hall–Kier alpha value is -3.69. The Morgan fingerprint density at radius 3 is 2.34 bits per heavy atom. The smallest absolute Gasteiger partial charge is 0.482 e. The lowest BCUT2D eigenvalue weighted by Crippen LogP contribution is -2.39. The summed E-state index contributed by atoms with van der Waals surface area (Å²) in [5, 5.41) is 10.0. The molecule has 2 atom stereocenters. The molecule has 4 rings (SSSR count). The highest BCUT2D eigenvalue weighted by Gasteiger charge is 2.39. The Morgan fingerprint density at radius 2 is 1.73 bits per heavy atom. The van der Waals surface area contributed by atoms with Gasteiger partial charge in [0.1, 0.15) is 11.9 Å². The lowest BCUT2D eigenvalue weighted by molar-refractivity contribution is -0.275. The highest BCUT2D eigenvalue weighted by Crippen LogP contribution is 2.39. The molecule has 0 aliphatic heterocycles. The van der Waals surface area contributed by atoms with Crippen molar-refractivity contribution in [3.63, 3.8) is 0 Å². The van der Waals surface area contributed by atoms with Crippen LogP contribution >= 0.6 is 23.2 Å². The van der Waals surface area contributed by atoms with E-state index in [9.17, 15) is 41.0 Å². The molecule has 2 heterocycles. The van der Waals surface area contributed by atoms with Crippen LogP contribution in [-0.2, 0) is 13.6 Å². The van der Waals surface area contributed by atoms with Crippen LogP contribution in [0, 0.1) is 0 Å². The van der Waals surface area contributed by atoms with Crippen molar-refractivity contribution in [2.24, 2.45) is 7.05 Å². The van der Waals surface area contributed by atoms with E-state index in [-0.39, 0.29) is 27.7 Å². The molecule has 2 N–H and O–H groups in total. The van der Waals surface area contributed by atoms with E-state index in [0.29, 0.717) is 15.2 Å². The Labute approximate surface area is 235 Å². The van der Waals surface area contributed by atoms with Crippen molar-refractivity contribution in [3.05, 3.63) is 72.8 Å². The van der Waals surface area contributed by atoms with Crippen LogP contribution < -0.4 is 20.7 Å². The monoisotopic (exact) mass is 626 g/mol. The van der Waals surface area contributed by atoms with Gasteiger partial charge in [0.25, 0.3) is 5.56 Å². The van der Waals surface area contributed by atoms with E-state index in [4.69, 9.17) is 27.9 Å². The second-order valence-corrected chi connectivity index (χ2v) is 9.57. The van der Waals surface area contributed by atoms with Crippen LogP contribution in [0.15, 0.2) is 46.0 Å². The van der Waals surface area contributed by atoms with Crippen molar-refractivity contribution in [1.29, 1.82) is 0 Å². The first kappa shape index (κ1) is 30.3. The fraction of sp³-hybridized carbons (Fsp3) is 0.292. The summed E-state index contributed by atoms with van der Waals surface area (Å²) in [5.74, 6) is -1.37. The van der Waals surface area contributed by atoms with Gasteiger partial charge in [-0.15, -0.1) is 13.2 Å². The van der Waals surface area contributed by atoms with Gasteiger partial charge in [-0.2, -0.15) is 13.2 Å². The first-order valence-electron chi connectivity index (χ1n) is 11.4. The first-order chi connectivity index (χ1) is 19.0. The molecule has 0 bridgehead atoms. The summed E-state index contributed by atoms with van der Waals surface area (Å²) in [6.45, 7) is 0.221. The molecule has 0 saturated carbocycles. The molecule has 41 heavy (non-hydrogen) atoms. The number of benzene rings is 2. The zero-order valence-electron chi connectivity index (χ0n) is 20.8. The third-order valence-electron chi connectivity index (χ3n) is 5.88. The third kappa shape index (κ3) is 6.47. The van der Waals surface area contributed by atoms with E-state index in [2.05, 4.69) is 9.72 Å². The van der Waals surface area contributed by atoms with Crippen LogP contribution in [-0.4, -0.2) is 42.9 Å². The average Bonchev–Trinajstić information content (AvgIpc) is 3.18. The van der Waals surface area contributed by atoms with Crippen molar-refractivity contribution in [3.8, 4) is 22.9 Å². The number of H-pyrrole nitrogens is 1. The molecule has 9 nitrogen and oxygen atoms in total. The van der Waals surface area contributed by atoms with Gasteiger partial charge in [0.05, 0.1) is 6.54 Å². The predicted octanol–water partition coefficient (Wildman–Crippen LogP) is 5.36. The zero-order valence-corrected chi connectivity index (χ0v) is 22.3. The Kier molecular flexibility index (Phi) is 8.08. The number of halogens is 8. The quantitative estimate of drug-likeness (QED) is 0.267. The number of aromatic amines is 1. The molecule has 2 aromatic heterocycles. The van der Waals surface area contributed by atoms with Gasteiger partial charge in [-0.1, -0.05) is 29.3 Å². The minimum absolute atomic E-state index is 0.0813. The molecule has 0 aliphatic rings. The van der Waals surface area contributed by atoms with Gasteiger partial charge < -0.3 is 19.1 Å². The second kappa shape index (κ2) is 10.9. The van der Waals surface area contributed by atoms with Crippen molar-refractivity contribution in [2.45, 2.75) is 38.2 Å². The number of aromatic nitrogens is 4. The SMILES string of the molecule is CC(Oc1ccc(-c2nc3c(c(=O)[nH]c(=O)n3CC(O)C(F)(F)F)n2C)cc1OC(F)(F)F)c1ccc(Cl)cc1Cl. The summed E-state index contributed by atoms with van der Waals surface area (Å²) in [6.07, 6.45) is -14.1. The summed E-state index contributed by atoms with van der Waals surface area (Å²) < 4.78 is 90.1. The normalized spacial score (nSPS) is 13.8. The second-order valence-electron chi connectivity index (χ2n) is 8.73. The van der Waals surface area contributed by atoms with Gasteiger partial charge in [-0.3, -0.25) is 14.3 Å². The molecule has 0 fully saturated rings. The lowest BCUT2D eigenvalue weighted by Gasteiger charge is -2.20. The Balaban J connectivity index is 1.82. The van der Waals surface area contributed by atoms with Crippen LogP contribution in [0.4, 0.5) is 26.3 Å². The number of alkyl halides is 6. The summed E-state index contributed by atoms with van der Waals surface area (Å²) >= 11 is 12.1. The van der Waals surface area contributed by atoms with Crippen molar-refractivity contribution in [1.82, 2.24) is 19.1 Å². The van der Waals surface area contributed by atoms with Crippen molar-refractivity contribution >= 4 is 34.4 Å². The molecule has 0 amide bonds. The number of aryl methyl sites for hydroxylation is 1. The molecular weight excluding hydrogens is 609 g/mol. The number of fused-ring (bicyclic) bond motifs is 1. The molecule has 2 aromatic carbocycles. The minimum Gasteiger partial charge on any atom is -0.482 e. The Bertz CT molecular complexity index is 1730. The van der Waals surface area contributed by atoms with E-state index < -0.39 is 53.9 Å². The predicted molar refractivity (Wildman–Crippen MR) is 135 cm³/mol. The number of hydrogen-bond acceptors (Lipinski definition) is 6. The fourth-order valence-corrected chi connectivity index (χ4v) is 4.55. The van der Waals surface area contributed by atoms with Crippen molar-refractivity contribution in [2.75, 3.05) is 0 Å². The van der Waals surface area contributed by atoms with Crippen LogP contribution in [0.2, 0.25) is 10.0 Å². The first-order valence-corrected chi connectivity index (χ1v) is 12.2. The van der Waals surface area contributed by atoms with Crippen LogP contribution in [0.5, 0.6) is 11.5 Å². The Morgan fingerprint density at radius 1 is 1.05 bits per heavy atom. The average molecular weight is 627 g/mol. The molecule has 0 aliphatic carbocycles. The molecule has 0 radical (unpaired) electrons. The summed E-state index contributed by atoms with van der Waals surface area (Å²) in [4.78, 5) is 30.7. The van der Waals surface area contributed by atoms with Gasteiger partial charge >= 0.3 is 18.2 Å². The van der Waals surface area contributed by atoms with Gasteiger partial charge in [-0.25, -0.2) is 9.78 Å². The summed E-state index contributed by atoms with van der Waals surface area (Å²) in [6, 6.07) is 7.74. The number of imidazole rings is 1. The highest BCUT2D eigenvalue weighted by molar-refractivity contribution is 6.35. The van der Waals surface area contributed by atoms with E-state index in [1.807, 2.05) is 4.98 Å². The number of nitrogens with one attached hydrogen (secondary N) is 1. The molecule has 4 aromatic rings. The number of nitrogens with zero attached hydrogens (tertiary/aromatic N) is 3. The zero-order chi connectivity index (χ0) is 30.4. The van der Waals surface area contributed by atoms with E-state index >= 15 is 0 Å². The molecule has 0 saturated heterocycles. The van der Waals surface area contributed by atoms with Crippen molar-refractivity contribution < 1.29 is 40.9 Å². The maximum Gasteiger partial charge on any atom is 0.573 e. The number of rotatable bonds is 7. The molecule has 2 unspecified atom stereocenters. The van der Waals surface area contributed by atoms with E-state index in [1.54, 1.807) is 0 Å². The van der Waals surface area contributed by atoms with Crippen LogP contribution in [0.3, 0.4) is 0 Å². The van der Waals surface area contributed by atoms with Gasteiger partial charge in [0.2, 0.25) is 0 Å². The van der Waals surface area contributed by atoms with Crippen LogP contribution in [0.25, 0.3) is 22.6 Å². The molecule has 220 valence electrons. The fourth-order valence-electron chi connectivity index (χ4n) is 3.98. The topological polar surface area (TPSA) is 111 Å². The number of ether oxygens (including phenoxy) is 2. The lowest BCUT2D eigenvalue weighted by atomic mass is 10.1. The van der Waals surface area contributed by atoms with E-state index in [1.165, 1.54) is 38.2 Å². The number of hydrogen-bond donors (Lipinski definition) is 2. The summed E-state index contributed by atoms with van der Waals surface area (Å²) in [5.41, 5.74) is -2.89. The minimum atomic E-state index is -5.16. The number of aliphatic hydroxyl groups excluding tert-OH is 1. The molecule has 17 heteroatoms. The molecular formula is C24H18Cl2F6N4O5. The molecule has 0 spiro atoms. The van der Waals surface area contributed by atoms with Gasteiger partial charge in [0.15, 0.2) is 28.8 Å². The van der Waals surface area contributed by atoms with E-state index in [0.717, 1.165) is 16.7 Å². The maximum absolute atomic E-state index is 13.3. The van der Waals surface area contributed by atoms with Gasteiger partial charge in [-0.05, 0) is 37.3 Å². The number of aliphatic hydroxyl groups is 1. The highest BCUT2D eigenvalue weighted by atomic mass is 35.5. The largest absolute Gasteiger partial charge is 0.573 e. The maximum atomic E-state index is 13.3. The summed E-state index contributed by atoms with van der Waals surface area (Å²) in [7, 11) is 1.26.